The summed E-state index contributed by atoms with van der Waals surface area (Å²) in [4.78, 5) is 30.0. The van der Waals surface area contributed by atoms with E-state index in [1.165, 1.54) is 30.9 Å². The Morgan fingerprint density at radius 1 is 1.05 bits per heavy atom. The predicted octanol–water partition coefficient (Wildman–Crippen LogP) is 1.77. The Bertz CT molecular complexity index is 683. The zero-order valence-corrected chi connectivity index (χ0v) is 10.7. The first-order chi connectivity index (χ1) is 9.49. The molecule has 0 atom stereocenters. The van der Waals surface area contributed by atoms with Crippen molar-refractivity contribution in [2.45, 2.75) is 13.3 Å². The highest BCUT2D eigenvalue weighted by atomic mass is 16.4. The summed E-state index contributed by atoms with van der Waals surface area (Å²) in [5.74, 6) is -2.09. The Labute approximate surface area is 114 Å². The van der Waals surface area contributed by atoms with Gasteiger partial charge in [-0.1, -0.05) is 0 Å². The van der Waals surface area contributed by atoms with Crippen molar-refractivity contribution >= 4 is 11.9 Å². The van der Waals surface area contributed by atoms with Crippen LogP contribution in [0.15, 0.2) is 30.9 Å². The number of aromatic carboxylic acids is 2. The first-order valence-electron chi connectivity index (χ1n) is 5.83. The van der Waals surface area contributed by atoms with Crippen molar-refractivity contribution in [3.05, 3.63) is 58.7 Å². The minimum absolute atomic E-state index is 0.0694. The molecule has 0 bridgehead atoms. The van der Waals surface area contributed by atoms with Gasteiger partial charge in [-0.05, 0) is 29.7 Å². The third kappa shape index (κ3) is 2.80. The second kappa shape index (κ2) is 5.48. The zero-order valence-electron chi connectivity index (χ0n) is 10.7. The summed E-state index contributed by atoms with van der Waals surface area (Å²) in [6, 6.07) is 1.48. The van der Waals surface area contributed by atoms with Crippen molar-refractivity contribution in [2.75, 3.05) is 0 Å². The molecule has 102 valence electrons. The lowest BCUT2D eigenvalue weighted by Crippen LogP contribution is -2.07. The van der Waals surface area contributed by atoms with E-state index in [0.29, 0.717) is 16.7 Å². The van der Waals surface area contributed by atoms with E-state index in [2.05, 4.69) is 9.97 Å². The second-order valence-corrected chi connectivity index (χ2v) is 4.36. The average Bonchev–Trinajstić information content (AvgIpc) is 2.38. The van der Waals surface area contributed by atoms with Crippen molar-refractivity contribution < 1.29 is 19.8 Å². The fourth-order valence-electron chi connectivity index (χ4n) is 1.98. The molecule has 0 unspecified atom stereocenters. The third-order valence-corrected chi connectivity index (χ3v) is 2.86. The molecule has 0 amide bonds. The fraction of sp³-hybridized carbons (Fsp3) is 0.143. The fourth-order valence-corrected chi connectivity index (χ4v) is 1.98. The Hall–Kier alpha value is -2.76. The molecule has 6 heteroatoms. The van der Waals surface area contributed by atoms with Gasteiger partial charge in [-0.15, -0.1) is 0 Å². The summed E-state index contributed by atoms with van der Waals surface area (Å²) >= 11 is 0. The molecule has 2 heterocycles. The normalized spacial score (nSPS) is 10.2. The minimum atomic E-state index is -1.07. The molecule has 2 aromatic heterocycles. The van der Waals surface area contributed by atoms with Gasteiger partial charge in [0, 0.05) is 31.2 Å². The lowest BCUT2D eigenvalue weighted by atomic mass is 9.99. The molecule has 2 N–H and O–H groups in total. The van der Waals surface area contributed by atoms with Crippen LogP contribution in [0.4, 0.5) is 0 Å². The van der Waals surface area contributed by atoms with E-state index in [1.807, 2.05) is 0 Å². The van der Waals surface area contributed by atoms with Crippen molar-refractivity contribution in [1.29, 1.82) is 0 Å². The van der Waals surface area contributed by atoms with Crippen LogP contribution in [0.3, 0.4) is 0 Å². The maximum Gasteiger partial charge on any atom is 0.337 e. The molecule has 2 rings (SSSR count). The Morgan fingerprint density at radius 3 is 2.40 bits per heavy atom. The van der Waals surface area contributed by atoms with Gasteiger partial charge in [0.25, 0.3) is 0 Å². The number of rotatable bonds is 4. The number of hydrogen-bond donors (Lipinski definition) is 2. The Morgan fingerprint density at radius 2 is 1.75 bits per heavy atom. The topological polar surface area (TPSA) is 100 Å². The molecule has 0 fully saturated rings. The van der Waals surface area contributed by atoms with E-state index < -0.39 is 11.9 Å². The number of aryl methyl sites for hydroxylation is 1. The number of hydrogen-bond acceptors (Lipinski definition) is 4. The maximum absolute atomic E-state index is 11.3. The number of carbonyl (C=O) groups is 2. The number of aromatic nitrogens is 2. The molecule has 20 heavy (non-hydrogen) atoms. The molecule has 0 radical (unpaired) electrons. The van der Waals surface area contributed by atoms with E-state index in [9.17, 15) is 14.7 Å². The van der Waals surface area contributed by atoms with Crippen molar-refractivity contribution in [2.24, 2.45) is 0 Å². The maximum atomic E-state index is 11.3. The molecule has 0 saturated heterocycles. The van der Waals surface area contributed by atoms with E-state index in [1.54, 1.807) is 6.92 Å². The number of carboxylic acid groups (broad SMARTS) is 2. The van der Waals surface area contributed by atoms with Crippen LogP contribution in [0.1, 0.15) is 37.4 Å². The van der Waals surface area contributed by atoms with Crippen molar-refractivity contribution in [3.63, 3.8) is 0 Å². The third-order valence-electron chi connectivity index (χ3n) is 2.86. The van der Waals surface area contributed by atoms with Crippen LogP contribution in [0.5, 0.6) is 0 Å². The average molecular weight is 272 g/mol. The van der Waals surface area contributed by atoms with Crippen molar-refractivity contribution in [3.8, 4) is 0 Å². The smallest absolute Gasteiger partial charge is 0.337 e. The molecule has 6 nitrogen and oxygen atoms in total. The van der Waals surface area contributed by atoms with Crippen LogP contribution in [0.25, 0.3) is 0 Å². The SMILES string of the molecule is Cc1cncc(Cc2cncc(C(=O)O)c2)c1C(=O)O. The quantitative estimate of drug-likeness (QED) is 0.879. The molecule has 0 aliphatic carbocycles. The number of nitrogens with zero attached hydrogens (tertiary/aromatic N) is 2. The number of carboxylic acids is 2. The molecular formula is C14H12N2O4. The van der Waals surface area contributed by atoms with Gasteiger partial charge in [-0.2, -0.15) is 0 Å². The van der Waals surface area contributed by atoms with E-state index >= 15 is 0 Å². The van der Waals surface area contributed by atoms with Gasteiger partial charge in [0.15, 0.2) is 0 Å². The second-order valence-electron chi connectivity index (χ2n) is 4.36. The molecule has 0 aromatic carbocycles. The van der Waals surface area contributed by atoms with Crippen LogP contribution < -0.4 is 0 Å². The molecule has 0 saturated carbocycles. The van der Waals surface area contributed by atoms with Gasteiger partial charge in [0.2, 0.25) is 0 Å². The number of pyridine rings is 2. The molecular weight excluding hydrogens is 260 g/mol. The Balaban J connectivity index is 2.40. The van der Waals surface area contributed by atoms with Gasteiger partial charge >= 0.3 is 11.9 Å². The van der Waals surface area contributed by atoms with Crippen LogP contribution >= 0.6 is 0 Å². The van der Waals surface area contributed by atoms with Gasteiger partial charge in [-0.3, -0.25) is 9.97 Å². The van der Waals surface area contributed by atoms with Gasteiger partial charge < -0.3 is 10.2 Å². The summed E-state index contributed by atoms with van der Waals surface area (Å²) in [7, 11) is 0. The van der Waals surface area contributed by atoms with Crippen LogP contribution in [-0.2, 0) is 6.42 Å². The van der Waals surface area contributed by atoms with Crippen LogP contribution in [0.2, 0.25) is 0 Å². The van der Waals surface area contributed by atoms with Gasteiger partial charge in [0.1, 0.15) is 0 Å². The van der Waals surface area contributed by atoms with Crippen molar-refractivity contribution in [1.82, 2.24) is 9.97 Å². The highest BCUT2D eigenvalue weighted by molar-refractivity contribution is 5.91. The molecule has 0 aliphatic rings. The Kier molecular flexibility index (Phi) is 3.74. The summed E-state index contributed by atoms with van der Waals surface area (Å²) in [6.07, 6.45) is 5.99. The molecule has 0 spiro atoms. The predicted molar refractivity (Wildman–Crippen MR) is 69.9 cm³/mol. The van der Waals surface area contributed by atoms with E-state index in [0.717, 1.165) is 0 Å². The lowest BCUT2D eigenvalue weighted by molar-refractivity contribution is 0.0684. The van der Waals surface area contributed by atoms with E-state index in [-0.39, 0.29) is 17.5 Å². The summed E-state index contributed by atoms with van der Waals surface area (Å²) in [5.41, 5.74) is 1.99. The highest BCUT2D eigenvalue weighted by Crippen LogP contribution is 2.17. The summed E-state index contributed by atoms with van der Waals surface area (Å²) in [5, 5.41) is 18.1. The standard InChI is InChI=1S/C14H12N2O4/c1-8-4-15-6-10(12(8)14(19)20)2-9-3-11(13(17)18)7-16-5-9/h3-7H,2H2,1H3,(H,17,18)(H,19,20). The first kappa shape index (κ1) is 13.7. The molecule has 0 aliphatic heterocycles. The largest absolute Gasteiger partial charge is 0.478 e. The zero-order chi connectivity index (χ0) is 14.7. The summed E-state index contributed by atoms with van der Waals surface area (Å²) in [6.45, 7) is 1.67. The highest BCUT2D eigenvalue weighted by Gasteiger charge is 2.14. The lowest BCUT2D eigenvalue weighted by Gasteiger charge is -2.08. The molecule has 2 aromatic rings. The summed E-state index contributed by atoms with van der Waals surface area (Å²) < 4.78 is 0. The van der Waals surface area contributed by atoms with Crippen LogP contribution in [-0.4, -0.2) is 32.1 Å². The van der Waals surface area contributed by atoms with Gasteiger partial charge in [0.05, 0.1) is 11.1 Å². The minimum Gasteiger partial charge on any atom is -0.478 e. The van der Waals surface area contributed by atoms with Crippen LogP contribution in [0, 0.1) is 6.92 Å². The van der Waals surface area contributed by atoms with E-state index in [4.69, 9.17) is 5.11 Å². The monoisotopic (exact) mass is 272 g/mol. The van der Waals surface area contributed by atoms with Gasteiger partial charge in [-0.25, -0.2) is 9.59 Å². The first-order valence-corrected chi connectivity index (χ1v) is 5.83.